The molecule has 3 aromatic rings. The molecule has 0 unspecified atom stereocenters. The van der Waals surface area contributed by atoms with Crippen LogP contribution in [-0.2, 0) is 19.4 Å². The molecule has 1 N–H and O–H groups in total. The summed E-state index contributed by atoms with van der Waals surface area (Å²) in [5, 5.41) is 11.0. The third-order valence-corrected chi connectivity index (χ3v) is 4.64. The topological polar surface area (TPSA) is 59.8 Å². The Morgan fingerprint density at radius 3 is 2.76 bits per heavy atom. The molecule has 5 heteroatoms. The molecule has 25 heavy (non-hydrogen) atoms. The second-order valence-corrected chi connectivity index (χ2v) is 6.52. The van der Waals surface area contributed by atoms with Crippen molar-refractivity contribution in [3.8, 4) is 5.69 Å². The molecular formula is C20H20N4O. The molecule has 0 spiro atoms. The number of rotatable bonds is 4. The molecule has 0 saturated heterocycles. The molecule has 1 aliphatic carbocycles. The van der Waals surface area contributed by atoms with Gasteiger partial charge in [-0.3, -0.25) is 4.79 Å². The summed E-state index contributed by atoms with van der Waals surface area (Å²) < 4.78 is 1.61. The van der Waals surface area contributed by atoms with Crippen LogP contribution in [0.5, 0.6) is 0 Å². The summed E-state index contributed by atoms with van der Waals surface area (Å²) in [6.07, 6.45) is 5.20. The van der Waals surface area contributed by atoms with Crippen LogP contribution >= 0.6 is 0 Å². The Balaban J connectivity index is 1.42. The van der Waals surface area contributed by atoms with E-state index in [9.17, 15) is 4.79 Å². The molecule has 126 valence electrons. The summed E-state index contributed by atoms with van der Waals surface area (Å²) in [7, 11) is 0. The Morgan fingerprint density at radius 2 is 1.92 bits per heavy atom. The first-order valence-electron chi connectivity index (χ1n) is 8.57. The number of carbonyl (C=O) groups excluding carboxylic acids is 1. The van der Waals surface area contributed by atoms with Crippen LogP contribution in [0.15, 0.2) is 48.7 Å². The minimum Gasteiger partial charge on any atom is -0.347 e. The van der Waals surface area contributed by atoms with E-state index in [1.165, 1.54) is 29.5 Å². The van der Waals surface area contributed by atoms with E-state index in [1.54, 1.807) is 10.9 Å². The second-order valence-electron chi connectivity index (χ2n) is 6.52. The van der Waals surface area contributed by atoms with Gasteiger partial charge in [-0.25, -0.2) is 4.68 Å². The number of hydrogen-bond acceptors (Lipinski definition) is 3. The van der Waals surface area contributed by atoms with Crippen molar-refractivity contribution in [1.82, 2.24) is 20.3 Å². The molecule has 1 aromatic heterocycles. The van der Waals surface area contributed by atoms with Crippen molar-refractivity contribution in [2.24, 2.45) is 0 Å². The molecular weight excluding hydrogens is 312 g/mol. The van der Waals surface area contributed by atoms with Crippen molar-refractivity contribution < 1.29 is 4.79 Å². The van der Waals surface area contributed by atoms with Crippen LogP contribution in [0.2, 0.25) is 0 Å². The number of aryl methyl sites for hydroxylation is 3. The van der Waals surface area contributed by atoms with Gasteiger partial charge >= 0.3 is 0 Å². The van der Waals surface area contributed by atoms with Crippen LogP contribution in [0.1, 0.15) is 39.2 Å². The third-order valence-electron chi connectivity index (χ3n) is 4.64. The van der Waals surface area contributed by atoms with Gasteiger partial charge in [0.1, 0.15) is 0 Å². The first kappa shape index (κ1) is 15.6. The zero-order valence-corrected chi connectivity index (χ0v) is 14.2. The molecule has 0 radical (unpaired) electrons. The van der Waals surface area contributed by atoms with E-state index in [1.807, 2.05) is 31.2 Å². The normalized spacial score (nSPS) is 12.8. The number of nitrogens with zero attached hydrogens (tertiary/aromatic N) is 3. The van der Waals surface area contributed by atoms with Crippen molar-refractivity contribution >= 4 is 5.91 Å². The van der Waals surface area contributed by atoms with Gasteiger partial charge in [-0.15, -0.1) is 5.10 Å². The third kappa shape index (κ3) is 3.31. The molecule has 1 amide bonds. The van der Waals surface area contributed by atoms with Crippen molar-refractivity contribution in [2.45, 2.75) is 32.7 Å². The van der Waals surface area contributed by atoms with Crippen LogP contribution in [0.25, 0.3) is 5.69 Å². The van der Waals surface area contributed by atoms with Gasteiger partial charge in [0, 0.05) is 6.54 Å². The Bertz CT molecular complexity index is 912. The van der Waals surface area contributed by atoms with Gasteiger partial charge in [-0.2, -0.15) is 0 Å². The molecule has 0 atom stereocenters. The van der Waals surface area contributed by atoms with E-state index in [0.717, 1.165) is 17.7 Å². The van der Waals surface area contributed by atoms with E-state index >= 15 is 0 Å². The quantitative estimate of drug-likeness (QED) is 0.799. The van der Waals surface area contributed by atoms with Gasteiger partial charge < -0.3 is 5.32 Å². The number of hydrogen-bond donors (Lipinski definition) is 1. The SMILES string of the molecule is Cc1ccc(-n2cc(C(=O)NCc3ccc4c(c3)CCC4)nn2)cc1. The summed E-state index contributed by atoms with van der Waals surface area (Å²) in [6.45, 7) is 2.53. The fourth-order valence-corrected chi connectivity index (χ4v) is 3.20. The molecule has 0 saturated carbocycles. The second kappa shape index (κ2) is 6.51. The smallest absolute Gasteiger partial charge is 0.273 e. The summed E-state index contributed by atoms with van der Waals surface area (Å²) >= 11 is 0. The largest absolute Gasteiger partial charge is 0.347 e. The minimum absolute atomic E-state index is 0.209. The van der Waals surface area contributed by atoms with Crippen molar-refractivity contribution in [2.75, 3.05) is 0 Å². The molecule has 0 fully saturated rings. The summed E-state index contributed by atoms with van der Waals surface area (Å²) in [5.41, 5.74) is 6.36. The van der Waals surface area contributed by atoms with Gasteiger partial charge in [0.2, 0.25) is 0 Å². The zero-order chi connectivity index (χ0) is 17.2. The lowest BCUT2D eigenvalue weighted by Crippen LogP contribution is -2.23. The number of benzene rings is 2. The number of fused-ring (bicyclic) bond motifs is 1. The molecule has 0 bridgehead atoms. The van der Waals surface area contributed by atoms with Crippen LogP contribution in [0, 0.1) is 6.92 Å². The van der Waals surface area contributed by atoms with Gasteiger partial charge in [0.15, 0.2) is 5.69 Å². The lowest BCUT2D eigenvalue weighted by molar-refractivity contribution is 0.0946. The number of aromatic nitrogens is 3. The van der Waals surface area contributed by atoms with Crippen molar-refractivity contribution in [3.05, 3.63) is 76.6 Å². The molecule has 2 aromatic carbocycles. The van der Waals surface area contributed by atoms with Crippen LogP contribution < -0.4 is 5.32 Å². The molecule has 4 rings (SSSR count). The van der Waals surface area contributed by atoms with E-state index < -0.39 is 0 Å². The summed E-state index contributed by atoms with van der Waals surface area (Å²) in [5.74, 6) is -0.209. The fourth-order valence-electron chi connectivity index (χ4n) is 3.20. The fraction of sp³-hybridized carbons (Fsp3) is 0.250. The highest BCUT2D eigenvalue weighted by Crippen LogP contribution is 2.22. The van der Waals surface area contributed by atoms with Gasteiger partial charge in [-0.05, 0) is 55.0 Å². The van der Waals surface area contributed by atoms with Crippen molar-refractivity contribution in [3.63, 3.8) is 0 Å². The Hall–Kier alpha value is -2.95. The Kier molecular flexibility index (Phi) is 4.06. The standard InChI is InChI=1S/C20H20N4O/c1-14-5-9-18(10-6-14)24-13-19(22-23-24)20(25)21-12-15-7-8-16-3-2-4-17(16)11-15/h5-11,13H,2-4,12H2,1H3,(H,21,25). The highest BCUT2D eigenvalue weighted by Gasteiger charge is 2.13. The Morgan fingerprint density at radius 1 is 1.12 bits per heavy atom. The first-order chi connectivity index (χ1) is 12.2. The van der Waals surface area contributed by atoms with E-state index in [0.29, 0.717) is 12.2 Å². The maximum absolute atomic E-state index is 12.3. The molecule has 5 nitrogen and oxygen atoms in total. The maximum atomic E-state index is 12.3. The van der Waals surface area contributed by atoms with Gasteiger partial charge in [-0.1, -0.05) is 41.1 Å². The lowest BCUT2D eigenvalue weighted by atomic mass is 10.1. The lowest BCUT2D eigenvalue weighted by Gasteiger charge is -2.06. The maximum Gasteiger partial charge on any atom is 0.273 e. The van der Waals surface area contributed by atoms with Crippen LogP contribution in [0.4, 0.5) is 0 Å². The van der Waals surface area contributed by atoms with Crippen molar-refractivity contribution in [1.29, 1.82) is 0 Å². The van der Waals surface area contributed by atoms with Gasteiger partial charge in [0.05, 0.1) is 11.9 Å². The number of carbonyl (C=O) groups is 1. The van der Waals surface area contributed by atoms with E-state index in [4.69, 9.17) is 0 Å². The monoisotopic (exact) mass is 332 g/mol. The average molecular weight is 332 g/mol. The predicted molar refractivity (Wildman–Crippen MR) is 95.7 cm³/mol. The van der Waals surface area contributed by atoms with Gasteiger partial charge in [0.25, 0.3) is 5.91 Å². The summed E-state index contributed by atoms with van der Waals surface area (Å²) in [6, 6.07) is 14.4. The predicted octanol–water partition coefficient (Wildman–Crippen LogP) is 2.99. The number of nitrogens with one attached hydrogen (secondary N) is 1. The van der Waals surface area contributed by atoms with Crippen LogP contribution in [0.3, 0.4) is 0 Å². The first-order valence-corrected chi connectivity index (χ1v) is 8.57. The molecule has 1 heterocycles. The van der Waals surface area contributed by atoms with Crippen LogP contribution in [-0.4, -0.2) is 20.9 Å². The zero-order valence-electron chi connectivity index (χ0n) is 14.2. The molecule has 1 aliphatic rings. The van der Waals surface area contributed by atoms with E-state index in [-0.39, 0.29) is 5.91 Å². The van der Waals surface area contributed by atoms with E-state index in [2.05, 4.69) is 33.8 Å². The average Bonchev–Trinajstić information content (AvgIpc) is 3.29. The Labute approximate surface area is 146 Å². The highest BCUT2D eigenvalue weighted by molar-refractivity contribution is 5.91. The highest BCUT2D eigenvalue weighted by atomic mass is 16.2. The number of amides is 1. The molecule has 0 aliphatic heterocycles. The minimum atomic E-state index is -0.209. The summed E-state index contributed by atoms with van der Waals surface area (Å²) in [4.78, 5) is 12.3.